The van der Waals surface area contributed by atoms with Crippen molar-refractivity contribution in [2.75, 3.05) is 26.7 Å². The maximum atomic E-state index is 13.4. The lowest BCUT2D eigenvalue weighted by Crippen LogP contribution is -2.49. The Balaban J connectivity index is 1.49. The van der Waals surface area contributed by atoms with Crippen LogP contribution in [0.4, 0.5) is 0 Å². The maximum Gasteiger partial charge on any atom is 0.255 e. The van der Waals surface area contributed by atoms with Crippen molar-refractivity contribution in [3.8, 4) is 0 Å². The van der Waals surface area contributed by atoms with Gasteiger partial charge >= 0.3 is 0 Å². The van der Waals surface area contributed by atoms with Gasteiger partial charge in [-0.2, -0.15) is 0 Å². The van der Waals surface area contributed by atoms with Crippen LogP contribution in [0.3, 0.4) is 0 Å². The Morgan fingerprint density at radius 3 is 2.36 bits per heavy atom. The summed E-state index contributed by atoms with van der Waals surface area (Å²) in [4.78, 5) is 42.3. The van der Waals surface area contributed by atoms with Gasteiger partial charge in [-0.25, -0.2) is 0 Å². The van der Waals surface area contributed by atoms with Crippen LogP contribution in [-0.4, -0.2) is 52.9 Å². The van der Waals surface area contributed by atoms with Crippen LogP contribution in [0.2, 0.25) is 0 Å². The van der Waals surface area contributed by atoms with Gasteiger partial charge in [0.2, 0.25) is 5.91 Å². The van der Waals surface area contributed by atoms with E-state index in [0.717, 1.165) is 24.2 Å². The van der Waals surface area contributed by atoms with Crippen LogP contribution in [0.1, 0.15) is 27.5 Å². The summed E-state index contributed by atoms with van der Waals surface area (Å²) in [7, 11) is 2.05. The molecule has 2 aromatic carbocycles. The molecule has 2 heterocycles. The minimum absolute atomic E-state index is 0.0769. The number of benzene rings is 2. The van der Waals surface area contributed by atoms with Gasteiger partial charge in [0.25, 0.3) is 11.5 Å². The molecule has 1 unspecified atom stereocenters. The lowest BCUT2D eigenvalue weighted by molar-refractivity contribution is -0.121. The van der Waals surface area contributed by atoms with Crippen LogP contribution in [0.25, 0.3) is 0 Å². The number of nitrogens with one attached hydrogen (secondary N) is 1. The Labute approximate surface area is 193 Å². The topological polar surface area (TPSA) is 74.7 Å². The largest absolute Gasteiger partial charge is 0.350 e. The lowest BCUT2D eigenvalue weighted by Gasteiger charge is -2.40. The van der Waals surface area contributed by atoms with Crippen molar-refractivity contribution >= 4 is 11.8 Å². The number of hydrogen-bond donors (Lipinski definition) is 1. The highest BCUT2D eigenvalue weighted by Crippen LogP contribution is 2.26. The molecule has 0 spiro atoms. The highest BCUT2D eigenvalue weighted by atomic mass is 16.2. The maximum absolute atomic E-state index is 13.4. The molecule has 1 aromatic heterocycles. The summed E-state index contributed by atoms with van der Waals surface area (Å²) < 4.78 is 1.29. The molecule has 0 radical (unpaired) electrons. The molecule has 4 rings (SSSR count). The number of carbonyl (C=O) groups is 2. The number of piperazine rings is 1. The molecular formula is C26H28N4O3. The Kier molecular flexibility index (Phi) is 7.00. The van der Waals surface area contributed by atoms with Crippen LogP contribution in [-0.2, 0) is 17.9 Å². The molecule has 170 valence electrons. The first-order valence-corrected chi connectivity index (χ1v) is 11.1. The van der Waals surface area contributed by atoms with Gasteiger partial charge < -0.3 is 19.7 Å². The molecule has 33 heavy (non-hydrogen) atoms. The third-order valence-electron chi connectivity index (χ3n) is 5.91. The number of aromatic nitrogens is 1. The molecule has 2 amide bonds. The standard InChI is InChI=1S/C26H28N4O3/c1-28-14-15-30(23(18-28)21-10-6-3-7-11-21)26(33)22-12-13-25(32)29(17-22)19-24(31)27-16-20-8-4-2-5-9-20/h2-13,17,23H,14-16,18-19H2,1H3,(H,27,31). The predicted octanol–water partition coefficient (Wildman–Crippen LogP) is 2.29. The first-order valence-electron chi connectivity index (χ1n) is 11.1. The fourth-order valence-corrected chi connectivity index (χ4v) is 4.08. The molecule has 1 atom stereocenters. The molecule has 1 saturated heterocycles. The summed E-state index contributed by atoms with van der Waals surface area (Å²) in [5, 5.41) is 2.82. The van der Waals surface area contributed by atoms with Crippen molar-refractivity contribution in [3.63, 3.8) is 0 Å². The van der Waals surface area contributed by atoms with Gasteiger partial charge in [-0.15, -0.1) is 0 Å². The number of amides is 2. The molecule has 0 aliphatic carbocycles. The molecule has 1 N–H and O–H groups in total. The van der Waals surface area contributed by atoms with E-state index in [9.17, 15) is 14.4 Å². The van der Waals surface area contributed by atoms with E-state index >= 15 is 0 Å². The van der Waals surface area contributed by atoms with Crippen LogP contribution >= 0.6 is 0 Å². The first-order chi connectivity index (χ1) is 16.0. The smallest absolute Gasteiger partial charge is 0.255 e. The average Bonchev–Trinajstić information content (AvgIpc) is 2.85. The highest BCUT2D eigenvalue weighted by Gasteiger charge is 2.31. The monoisotopic (exact) mass is 444 g/mol. The fourth-order valence-electron chi connectivity index (χ4n) is 4.08. The summed E-state index contributed by atoms with van der Waals surface area (Å²) in [5.74, 6) is -0.428. The van der Waals surface area contributed by atoms with E-state index in [2.05, 4.69) is 10.2 Å². The van der Waals surface area contributed by atoms with Crippen LogP contribution in [0.5, 0.6) is 0 Å². The predicted molar refractivity (Wildman–Crippen MR) is 127 cm³/mol. The normalized spacial score (nSPS) is 16.4. The Bertz CT molecular complexity index is 1160. The second-order valence-electron chi connectivity index (χ2n) is 8.33. The van der Waals surface area contributed by atoms with E-state index in [1.165, 1.54) is 16.8 Å². The Morgan fingerprint density at radius 2 is 1.64 bits per heavy atom. The van der Waals surface area contributed by atoms with E-state index in [4.69, 9.17) is 0 Å². The molecule has 1 fully saturated rings. The zero-order valence-electron chi connectivity index (χ0n) is 18.7. The Morgan fingerprint density at radius 1 is 0.939 bits per heavy atom. The molecule has 0 bridgehead atoms. The van der Waals surface area contributed by atoms with Gasteiger partial charge in [-0.05, 0) is 24.2 Å². The van der Waals surface area contributed by atoms with Crippen molar-refractivity contribution in [3.05, 3.63) is 106 Å². The third-order valence-corrected chi connectivity index (χ3v) is 5.91. The van der Waals surface area contributed by atoms with Gasteiger partial charge in [0.1, 0.15) is 6.54 Å². The van der Waals surface area contributed by atoms with E-state index in [1.807, 2.05) is 72.6 Å². The van der Waals surface area contributed by atoms with Gasteiger partial charge in [-0.3, -0.25) is 14.4 Å². The number of rotatable bonds is 6. The number of nitrogens with zero attached hydrogens (tertiary/aromatic N) is 3. The minimum Gasteiger partial charge on any atom is -0.350 e. The van der Waals surface area contributed by atoms with Gasteiger partial charge in [0.05, 0.1) is 11.6 Å². The average molecular weight is 445 g/mol. The SMILES string of the molecule is CN1CCN(C(=O)c2ccc(=O)n(CC(=O)NCc3ccccc3)c2)C(c2ccccc2)C1. The first kappa shape index (κ1) is 22.5. The number of carbonyl (C=O) groups excluding carboxylic acids is 2. The van der Waals surface area contributed by atoms with Crippen molar-refractivity contribution in [1.82, 2.24) is 19.7 Å². The number of hydrogen-bond acceptors (Lipinski definition) is 4. The molecular weight excluding hydrogens is 416 g/mol. The summed E-state index contributed by atoms with van der Waals surface area (Å²) in [5.41, 5.74) is 2.13. The Hall–Kier alpha value is -3.71. The second-order valence-corrected chi connectivity index (χ2v) is 8.33. The lowest BCUT2D eigenvalue weighted by atomic mass is 10.0. The van der Waals surface area contributed by atoms with Crippen molar-refractivity contribution in [1.29, 1.82) is 0 Å². The molecule has 3 aromatic rings. The fraction of sp³-hybridized carbons (Fsp3) is 0.269. The number of likely N-dealkylation sites (N-methyl/N-ethyl adjacent to an activating group) is 1. The van der Waals surface area contributed by atoms with Crippen LogP contribution in [0.15, 0.2) is 83.8 Å². The van der Waals surface area contributed by atoms with Gasteiger partial charge in [0.15, 0.2) is 0 Å². The second kappa shape index (κ2) is 10.3. The van der Waals surface area contributed by atoms with E-state index in [-0.39, 0.29) is 30.0 Å². The van der Waals surface area contributed by atoms with E-state index in [0.29, 0.717) is 18.7 Å². The third kappa shape index (κ3) is 5.56. The molecule has 1 aliphatic heterocycles. The molecule has 7 heteroatoms. The summed E-state index contributed by atoms with van der Waals surface area (Å²) in [6.07, 6.45) is 1.49. The van der Waals surface area contributed by atoms with E-state index in [1.54, 1.807) is 6.07 Å². The van der Waals surface area contributed by atoms with Crippen molar-refractivity contribution in [2.45, 2.75) is 19.1 Å². The summed E-state index contributed by atoms with van der Waals surface area (Å²) in [6, 6.07) is 22.4. The quantitative estimate of drug-likeness (QED) is 0.633. The van der Waals surface area contributed by atoms with E-state index < -0.39 is 0 Å². The summed E-state index contributed by atoms with van der Waals surface area (Å²) >= 11 is 0. The van der Waals surface area contributed by atoms with Crippen LogP contribution < -0.4 is 10.9 Å². The van der Waals surface area contributed by atoms with Crippen molar-refractivity contribution in [2.24, 2.45) is 0 Å². The summed E-state index contributed by atoms with van der Waals surface area (Å²) in [6.45, 7) is 2.34. The molecule has 7 nitrogen and oxygen atoms in total. The molecule has 1 aliphatic rings. The minimum atomic E-state index is -0.320. The van der Waals surface area contributed by atoms with Gasteiger partial charge in [0, 0.05) is 38.4 Å². The zero-order chi connectivity index (χ0) is 23.2. The van der Waals surface area contributed by atoms with Gasteiger partial charge in [-0.1, -0.05) is 60.7 Å². The van der Waals surface area contributed by atoms with Crippen LogP contribution in [0, 0.1) is 0 Å². The van der Waals surface area contributed by atoms with Crippen molar-refractivity contribution < 1.29 is 9.59 Å². The zero-order valence-corrected chi connectivity index (χ0v) is 18.7. The highest BCUT2D eigenvalue weighted by molar-refractivity contribution is 5.94. The number of pyridine rings is 1. The molecule has 0 saturated carbocycles.